The van der Waals surface area contributed by atoms with E-state index >= 15 is 0 Å². The van der Waals surface area contributed by atoms with E-state index in [0.29, 0.717) is 17.2 Å². The van der Waals surface area contributed by atoms with Crippen LogP contribution < -0.4 is 11.1 Å². The summed E-state index contributed by atoms with van der Waals surface area (Å²) < 4.78 is 14.8. The molecule has 2 rings (SSSR count). The molecule has 0 bridgehead atoms. The number of anilines is 3. The average molecular weight is 234 g/mol. The Hall–Kier alpha value is -2.04. The third kappa shape index (κ3) is 2.08. The van der Waals surface area contributed by atoms with E-state index in [1.165, 1.54) is 12.1 Å². The van der Waals surface area contributed by atoms with Gasteiger partial charge in [-0.1, -0.05) is 6.07 Å². The Kier molecular flexibility index (Phi) is 2.75. The lowest BCUT2D eigenvalue weighted by molar-refractivity contribution is 0.628. The van der Waals surface area contributed by atoms with Crippen LogP contribution in [0.2, 0.25) is 0 Å². The van der Waals surface area contributed by atoms with Gasteiger partial charge in [-0.05, 0) is 31.5 Å². The molecule has 3 N–H and O–H groups in total. The fraction of sp³-hybridized carbons (Fsp3) is 0.250. The Bertz CT molecular complexity index is 560. The van der Waals surface area contributed by atoms with E-state index in [0.717, 1.165) is 11.3 Å². The SMILES string of the molecule is Cc1ccc(F)cc1Nc1c(N)c(C)nn1C. The van der Waals surface area contributed by atoms with Gasteiger partial charge in [-0.25, -0.2) is 4.39 Å². The lowest BCUT2D eigenvalue weighted by Crippen LogP contribution is -2.02. The van der Waals surface area contributed by atoms with E-state index in [2.05, 4.69) is 10.4 Å². The highest BCUT2D eigenvalue weighted by Gasteiger charge is 2.11. The van der Waals surface area contributed by atoms with Gasteiger partial charge in [-0.3, -0.25) is 4.68 Å². The quantitative estimate of drug-likeness (QED) is 0.839. The predicted octanol–water partition coefficient (Wildman–Crippen LogP) is 2.50. The Morgan fingerprint density at radius 1 is 1.35 bits per heavy atom. The molecule has 0 aliphatic heterocycles. The van der Waals surface area contributed by atoms with Crippen LogP contribution in [0.25, 0.3) is 0 Å². The summed E-state index contributed by atoms with van der Waals surface area (Å²) in [4.78, 5) is 0. The first-order valence-corrected chi connectivity index (χ1v) is 5.31. The lowest BCUT2D eigenvalue weighted by Gasteiger charge is -2.10. The van der Waals surface area contributed by atoms with E-state index in [-0.39, 0.29) is 5.82 Å². The van der Waals surface area contributed by atoms with Crippen LogP contribution in [0.1, 0.15) is 11.3 Å². The molecule has 4 nitrogen and oxygen atoms in total. The minimum Gasteiger partial charge on any atom is -0.394 e. The highest BCUT2D eigenvalue weighted by molar-refractivity contribution is 5.72. The van der Waals surface area contributed by atoms with Crippen molar-refractivity contribution in [3.63, 3.8) is 0 Å². The van der Waals surface area contributed by atoms with Gasteiger partial charge in [0, 0.05) is 12.7 Å². The van der Waals surface area contributed by atoms with Crippen molar-refractivity contribution in [2.75, 3.05) is 11.1 Å². The van der Waals surface area contributed by atoms with Crippen molar-refractivity contribution in [2.24, 2.45) is 7.05 Å². The van der Waals surface area contributed by atoms with E-state index in [1.54, 1.807) is 17.8 Å². The summed E-state index contributed by atoms with van der Waals surface area (Å²) in [5, 5.41) is 7.30. The number of aromatic nitrogens is 2. The number of nitrogens with one attached hydrogen (secondary N) is 1. The van der Waals surface area contributed by atoms with Gasteiger partial charge < -0.3 is 11.1 Å². The molecule has 0 amide bonds. The predicted molar refractivity (Wildman–Crippen MR) is 66.8 cm³/mol. The fourth-order valence-electron chi connectivity index (χ4n) is 1.68. The van der Waals surface area contributed by atoms with Crippen LogP contribution in [-0.4, -0.2) is 9.78 Å². The minimum atomic E-state index is -0.282. The molecule has 0 saturated heterocycles. The topological polar surface area (TPSA) is 55.9 Å². The van der Waals surface area contributed by atoms with E-state index in [1.807, 2.05) is 13.8 Å². The third-order valence-corrected chi connectivity index (χ3v) is 2.72. The molecule has 1 aromatic carbocycles. The van der Waals surface area contributed by atoms with Crippen molar-refractivity contribution in [3.05, 3.63) is 35.3 Å². The number of aryl methyl sites for hydroxylation is 3. The van der Waals surface area contributed by atoms with Crippen LogP contribution in [0.3, 0.4) is 0 Å². The molecule has 1 heterocycles. The van der Waals surface area contributed by atoms with Gasteiger partial charge in [-0.2, -0.15) is 5.10 Å². The normalized spacial score (nSPS) is 10.6. The van der Waals surface area contributed by atoms with Crippen molar-refractivity contribution < 1.29 is 4.39 Å². The first kappa shape index (κ1) is 11.4. The number of rotatable bonds is 2. The molecule has 0 spiro atoms. The highest BCUT2D eigenvalue weighted by atomic mass is 19.1. The largest absolute Gasteiger partial charge is 0.394 e. The molecule has 0 aliphatic rings. The average Bonchev–Trinajstić information content (AvgIpc) is 2.50. The molecule has 0 aliphatic carbocycles. The first-order chi connectivity index (χ1) is 7.99. The molecule has 1 aromatic heterocycles. The van der Waals surface area contributed by atoms with E-state index in [4.69, 9.17) is 5.73 Å². The minimum absolute atomic E-state index is 0.282. The summed E-state index contributed by atoms with van der Waals surface area (Å²) >= 11 is 0. The van der Waals surface area contributed by atoms with Crippen LogP contribution in [0, 0.1) is 19.7 Å². The second-order valence-corrected chi connectivity index (χ2v) is 4.06. The summed E-state index contributed by atoms with van der Waals surface area (Å²) in [5.74, 6) is 0.395. The molecule has 5 heteroatoms. The summed E-state index contributed by atoms with van der Waals surface area (Å²) in [5.41, 5.74) is 8.88. The number of nitrogen functional groups attached to an aromatic ring is 1. The van der Waals surface area contributed by atoms with Gasteiger partial charge in [0.15, 0.2) is 5.82 Å². The van der Waals surface area contributed by atoms with Gasteiger partial charge in [0.25, 0.3) is 0 Å². The van der Waals surface area contributed by atoms with Crippen LogP contribution >= 0.6 is 0 Å². The maximum atomic E-state index is 13.2. The number of halogens is 1. The molecular formula is C12H15FN4. The van der Waals surface area contributed by atoms with Crippen LogP contribution in [0.5, 0.6) is 0 Å². The molecule has 0 atom stereocenters. The molecule has 0 saturated carbocycles. The molecule has 0 radical (unpaired) electrons. The van der Waals surface area contributed by atoms with Crippen molar-refractivity contribution >= 4 is 17.2 Å². The third-order valence-electron chi connectivity index (χ3n) is 2.72. The van der Waals surface area contributed by atoms with Gasteiger partial charge in [0.05, 0.1) is 11.4 Å². The van der Waals surface area contributed by atoms with Crippen molar-refractivity contribution in [2.45, 2.75) is 13.8 Å². The summed E-state index contributed by atoms with van der Waals surface area (Å²) in [6, 6.07) is 4.59. The second kappa shape index (κ2) is 4.08. The smallest absolute Gasteiger partial charge is 0.152 e. The van der Waals surface area contributed by atoms with Crippen molar-refractivity contribution in [1.29, 1.82) is 0 Å². The molecule has 0 fully saturated rings. The maximum Gasteiger partial charge on any atom is 0.152 e. The van der Waals surface area contributed by atoms with E-state index < -0.39 is 0 Å². The first-order valence-electron chi connectivity index (χ1n) is 5.31. The summed E-state index contributed by atoms with van der Waals surface area (Å²) in [7, 11) is 1.79. The number of hydrogen-bond donors (Lipinski definition) is 2. The molecule has 17 heavy (non-hydrogen) atoms. The van der Waals surface area contributed by atoms with Gasteiger partial charge in [0.2, 0.25) is 0 Å². The number of hydrogen-bond acceptors (Lipinski definition) is 3. The Morgan fingerprint density at radius 3 is 2.65 bits per heavy atom. The zero-order chi connectivity index (χ0) is 12.6. The lowest BCUT2D eigenvalue weighted by atomic mass is 10.2. The number of nitrogens with zero attached hydrogens (tertiary/aromatic N) is 2. The van der Waals surface area contributed by atoms with Crippen LogP contribution in [-0.2, 0) is 7.05 Å². The van der Waals surface area contributed by atoms with E-state index in [9.17, 15) is 4.39 Å². The summed E-state index contributed by atoms with van der Waals surface area (Å²) in [6.45, 7) is 3.74. The van der Waals surface area contributed by atoms with Gasteiger partial charge >= 0.3 is 0 Å². The van der Waals surface area contributed by atoms with Crippen molar-refractivity contribution in [3.8, 4) is 0 Å². The van der Waals surface area contributed by atoms with Crippen LogP contribution in [0.4, 0.5) is 21.6 Å². The number of nitrogens with two attached hydrogens (primary N) is 1. The molecular weight excluding hydrogens is 219 g/mol. The Labute approximate surface area is 99.2 Å². The standard InChI is InChI=1S/C12H15FN4/c1-7-4-5-9(13)6-10(7)15-12-11(14)8(2)16-17(12)3/h4-6,15H,14H2,1-3H3. The number of benzene rings is 1. The Balaban J connectivity index is 2.41. The summed E-state index contributed by atoms with van der Waals surface area (Å²) in [6.07, 6.45) is 0. The molecule has 90 valence electrons. The zero-order valence-electron chi connectivity index (χ0n) is 10.1. The maximum absolute atomic E-state index is 13.2. The molecule has 2 aromatic rings. The van der Waals surface area contributed by atoms with Crippen molar-refractivity contribution in [1.82, 2.24) is 9.78 Å². The van der Waals surface area contributed by atoms with Crippen LogP contribution in [0.15, 0.2) is 18.2 Å². The Morgan fingerprint density at radius 2 is 2.06 bits per heavy atom. The zero-order valence-corrected chi connectivity index (χ0v) is 10.1. The fourth-order valence-corrected chi connectivity index (χ4v) is 1.68. The monoisotopic (exact) mass is 234 g/mol. The van der Waals surface area contributed by atoms with Gasteiger partial charge in [0.1, 0.15) is 5.82 Å². The molecule has 0 unspecified atom stereocenters. The highest BCUT2D eigenvalue weighted by Crippen LogP contribution is 2.27. The second-order valence-electron chi connectivity index (χ2n) is 4.06. The van der Waals surface area contributed by atoms with Gasteiger partial charge in [-0.15, -0.1) is 0 Å².